The average molecular weight is 347 g/mol. The van der Waals surface area contributed by atoms with Crippen molar-refractivity contribution in [2.24, 2.45) is 0 Å². The van der Waals surface area contributed by atoms with Crippen molar-refractivity contribution in [2.45, 2.75) is 33.9 Å². The highest BCUT2D eigenvalue weighted by Crippen LogP contribution is 2.34. The molecule has 1 heterocycles. The Hall–Kier alpha value is -2.56. The summed E-state index contributed by atoms with van der Waals surface area (Å²) in [6.45, 7) is 7.99. The number of fused-ring (bicyclic) bond motifs is 1. The van der Waals surface area contributed by atoms with Crippen LogP contribution < -0.4 is 4.74 Å². The summed E-state index contributed by atoms with van der Waals surface area (Å²) in [5.41, 5.74) is 1.48. The fourth-order valence-corrected chi connectivity index (χ4v) is 2.42. The number of hydrogen-bond donors (Lipinski definition) is 0. The first-order valence-electron chi connectivity index (χ1n) is 8.06. The number of hydrogen-bond acceptors (Lipinski definition) is 2. The van der Waals surface area contributed by atoms with Crippen LogP contribution in [-0.4, -0.2) is 4.98 Å². The molecule has 0 aliphatic rings. The van der Waals surface area contributed by atoms with Crippen molar-refractivity contribution >= 4 is 10.8 Å². The van der Waals surface area contributed by atoms with Gasteiger partial charge in [-0.15, -0.1) is 0 Å². The van der Waals surface area contributed by atoms with E-state index >= 15 is 0 Å². The molecule has 0 unspecified atom stereocenters. The lowest BCUT2D eigenvalue weighted by atomic mass is 10.0. The van der Waals surface area contributed by atoms with Crippen LogP contribution in [0.2, 0.25) is 0 Å². The van der Waals surface area contributed by atoms with Gasteiger partial charge in [0.1, 0.15) is 5.75 Å². The Morgan fingerprint density at radius 3 is 2.32 bits per heavy atom. The van der Waals surface area contributed by atoms with Gasteiger partial charge in [0.15, 0.2) is 0 Å². The van der Waals surface area contributed by atoms with E-state index in [-0.39, 0.29) is 5.75 Å². The fraction of sp³-hybridized carbons (Fsp3) is 0.250. The molecule has 0 atom stereocenters. The molecule has 0 aliphatic carbocycles. The monoisotopic (exact) mass is 347 g/mol. The number of pyridine rings is 1. The maximum atomic E-state index is 12.8. The zero-order chi connectivity index (χ0) is 18.6. The number of alkyl halides is 3. The molecule has 1 aromatic heterocycles. The summed E-state index contributed by atoms with van der Waals surface area (Å²) >= 11 is 0. The van der Waals surface area contributed by atoms with Crippen LogP contribution >= 0.6 is 0 Å². The first-order chi connectivity index (χ1) is 11.9. The average Bonchev–Trinajstić information content (AvgIpc) is 2.60. The summed E-state index contributed by atoms with van der Waals surface area (Å²) in [7, 11) is 0. The van der Waals surface area contributed by atoms with Crippen LogP contribution in [0.5, 0.6) is 11.6 Å². The second-order valence-corrected chi connectivity index (χ2v) is 5.35. The minimum absolute atomic E-state index is 0.109. The molecule has 2 aromatic carbocycles. The molecule has 3 aromatic rings. The van der Waals surface area contributed by atoms with Crippen molar-refractivity contribution in [1.82, 2.24) is 4.98 Å². The van der Waals surface area contributed by atoms with Gasteiger partial charge in [0.05, 0.1) is 5.56 Å². The Labute approximate surface area is 145 Å². The Balaban J connectivity index is 0.00000109. The molecule has 0 saturated heterocycles. The maximum Gasteiger partial charge on any atom is 0.416 e. The van der Waals surface area contributed by atoms with E-state index in [9.17, 15) is 13.2 Å². The summed E-state index contributed by atoms with van der Waals surface area (Å²) in [5, 5.41) is 1.75. The number of aryl methyl sites for hydroxylation is 2. The molecule has 0 fully saturated rings. The topological polar surface area (TPSA) is 22.1 Å². The third kappa shape index (κ3) is 4.10. The van der Waals surface area contributed by atoms with Crippen LogP contribution in [0.4, 0.5) is 13.2 Å². The second-order valence-electron chi connectivity index (χ2n) is 5.35. The maximum absolute atomic E-state index is 12.8. The lowest BCUT2D eigenvalue weighted by Crippen LogP contribution is -2.04. The van der Waals surface area contributed by atoms with Crippen LogP contribution in [0.25, 0.3) is 10.8 Å². The van der Waals surface area contributed by atoms with Crippen molar-refractivity contribution in [1.29, 1.82) is 0 Å². The predicted octanol–water partition coefficient (Wildman–Crippen LogP) is 6.69. The van der Waals surface area contributed by atoms with E-state index in [4.69, 9.17) is 4.74 Å². The number of ether oxygens (including phenoxy) is 1. The van der Waals surface area contributed by atoms with Crippen molar-refractivity contribution < 1.29 is 17.9 Å². The van der Waals surface area contributed by atoms with Gasteiger partial charge in [-0.3, -0.25) is 0 Å². The largest absolute Gasteiger partial charge is 0.438 e. The molecular weight excluding hydrogens is 327 g/mol. The Kier molecular flexibility index (Phi) is 5.67. The van der Waals surface area contributed by atoms with E-state index in [1.165, 1.54) is 12.1 Å². The van der Waals surface area contributed by atoms with Gasteiger partial charge >= 0.3 is 6.18 Å². The number of benzene rings is 2. The standard InChI is InChI=1S/C18H14F3NO.C2H6/c1-11-6-7-16-15(12(11)2)8-9-22-17(16)23-14-5-3-4-13(10-14)18(19,20)21;1-2/h3-10H,1-2H3;1-2H3. The number of halogens is 3. The van der Waals surface area contributed by atoms with Gasteiger partial charge in [-0.1, -0.05) is 26.0 Å². The summed E-state index contributed by atoms with van der Waals surface area (Å²) in [6.07, 6.45) is -2.81. The lowest BCUT2D eigenvalue weighted by Gasteiger charge is -2.12. The molecule has 5 heteroatoms. The first-order valence-corrected chi connectivity index (χ1v) is 8.06. The molecule has 0 bridgehead atoms. The molecule has 0 spiro atoms. The van der Waals surface area contributed by atoms with Crippen LogP contribution in [0.15, 0.2) is 48.7 Å². The van der Waals surface area contributed by atoms with Crippen LogP contribution in [0.3, 0.4) is 0 Å². The Morgan fingerprint density at radius 2 is 1.64 bits per heavy atom. The minimum atomic E-state index is -4.40. The number of rotatable bonds is 2. The van der Waals surface area contributed by atoms with Gasteiger partial charge in [-0.25, -0.2) is 4.98 Å². The van der Waals surface area contributed by atoms with Crippen LogP contribution in [0.1, 0.15) is 30.5 Å². The number of aromatic nitrogens is 1. The van der Waals surface area contributed by atoms with E-state index in [0.717, 1.165) is 34.0 Å². The number of nitrogens with zero attached hydrogens (tertiary/aromatic N) is 1. The van der Waals surface area contributed by atoms with Crippen LogP contribution in [-0.2, 0) is 6.18 Å². The summed E-state index contributed by atoms with van der Waals surface area (Å²) in [6, 6.07) is 10.5. The third-order valence-corrected chi connectivity index (χ3v) is 3.82. The van der Waals surface area contributed by atoms with Gasteiger partial charge in [-0.2, -0.15) is 13.2 Å². The van der Waals surface area contributed by atoms with Crippen molar-refractivity contribution in [3.8, 4) is 11.6 Å². The highest BCUT2D eigenvalue weighted by Gasteiger charge is 2.30. The molecular formula is C20H20F3NO. The molecule has 2 nitrogen and oxygen atoms in total. The van der Waals surface area contributed by atoms with Gasteiger partial charge in [0.2, 0.25) is 5.88 Å². The quantitative estimate of drug-likeness (QED) is 0.515. The van der Waals surface area contributed by atoms with Gasteiger partial charge in [0.25, 0.3) is 0 Å². The van der Waals surface area contributed by atoms with Crippen molar-refractivity contribution in [3.05, 3.63) is 65.4 Å². The highest BCUT2D eigenvalue weighted by atomic mass is 19.4. The molecule has 0 saturated carbocycles. The van der Waals surface area contributed by atoms with Gasteiger partial charge in [-0.05, 0) is 60.7 Å². The molecule has 132 valence electrons. The Bertz CT molecular complexity index is 872. The molecule has 0 aliphatic heterocycles. The second kappa shape index (κ2) is 7.55. The summed E-state index contributed by atoms with van der Waals surface area (Å²) < 4.78 is 44.0. The smallest absolute Gasteiger partial charge is 0.416 e. The first kappa shape index (κ1) is 18.8. The predicted molar refractivity (Wildman–Crippen MR) is 94.1 cm³/mol. The zero-order valence-corrected chi connectivity index (χ0v) is 14.6. The molecule has 3 rings (SSSR count). The summed E-state index contributed by atoms with van der Waals surface area (Å²) in [4.78, 5) is 4.16. The zero-order valence-electron chi connectivity index (χ0n) is 14.6. The van der Waals surface area contributed by atoms with E-state index in [0.29, 0.717) is 5.88 Å². The molecule has 0 N–H and O–H groups in total. The third-order valence-electron chi connectivity index (χ3n) is 3.82. The van der Waals surface area contributed by atoms with E-state index in [1.807, 2.05) is 45.9 Å². The van der Waals surface area contributed by atoms with Gasteiger partial charge in [0, 0.05) is 11.6 Å². The Morgan fingerprint density at radius 1 is 0.920 bits per heavy atom. The van der Waals surface area contributed by atoms with Crippen molar-refractivity contribution in [3.63, 3.8) is 0 Å². The van der Waals surface area contributed by atoms with Crippen molar-refractivity contribution in [2.75, 3.05) is 0 Å². The van der Waals surface area contributed by atoms with E-state index in [2.05, 4.69) is 4.98 Å². The van der Waals surface area contributed by atoms with Gasteiger partial charge < -0.3 is 4.74 Å². The SMILES string of the molecule is CC.Cc1ccc2c(Oc3cccc(C(F)(F)F)c3)nccc2c1C. The van der Waals surface area contributed by atoms with E-state index in [1.54, 1.807) is 6.20 Å². The highest BCUT2D eigenvalue weighted by molar-refractivity contribution is 5.90. The normalized spacial score (nSPS) is 11.0. The molecule has 0 amide bonds. The fourth-order valence-electron chi connectivity index (χ4n) is 2.42. The van der Waals surface area contributed by atoms with E-state index < -0.39 is 11.7 Å². The molecule has 0 radical (unpaired) electrons. The lowest BCUT2D eigenvalue weighted by molar-refractivity contribution is -0.137. The summed E-state index contributed by atoms with van der Waals surface area (Å²) in [5.74, 6) is 0.406. The molecule has 25 heavy (non-hydrogen) atoms. The van der Waals surface area contributed by atoms with Crippen LogP contribution in [0, 0.1) is 13.8 Å². The minimum Gasteiger partial charge on any atom is -0.438 e.